The number of rotatable bonds is 7. The second-order valence-electron chi connectivity index (χ2n) is 5.60. The first-order valence-electron chi connectivity index (χ1n) is 8.12. The van der Waals surface area contributed by atoms with Gasteiger partial charge in [-0.25, -0.2) is 0 Å². The van der Waals surface area contributed by atoms with Crippen LogP contribution in [0.1, 0.15) is 29.6 Å². The van der Waals surface area contributed by atoms with Crippen molar-refractivity contribution in [2.75, 3.05) is 5.75 Å². The highest BCUT2D eigenvalue weighted by Crippen LogP contribution is 2.26. The minimum Gasteiger partial charge on any atom is -0.486 e. The van der Waals surface area contributed by atoms with Gasteiger partial charge in [-0.05, 0) is 55.0 Å². The Labute approximate surface area is 161 Å². The molecule has 0 atom stereocenters. The number of nitrogens with zero attached hydrogens (tertiary/aromatic N) is 4. The van der Waals surface area contributed by atoms with Gasteiger partial charge in [0.05, 0.1) is 6.21 Å². The summed E-state index contributed by atoms with van der Waals surface area (Å²) < 4.78 is 13.1. The highest BCUT2D eigenvalue weighted by molar-refractivity contribution is 7.99. The van der Waals surface area contributed by atoms with Gasteiger partial charge in [0.25, 0.3) is 0 Å². The summed E-state index contributed by atoms with van der Waals surface area (Å²) in [4.78, 5) is 0. The van der Waals surface area contributed by atoms with Crippen molar-refractivity contribution >= 4 is 29.6 Å². The molecule has 3 rings (SSSR count). The van der Waals surface area contributed by atoms with E-state index in [1.165, 1.54) is 0 Å². The quantitative estimate of drug-likeness (QED) is 0.431. The van der Waals surface area contributed by atoms with Crippen molar-refractivity contribution < 1.29 is 9.15 Å². The van der Waals surface area contributed by atoms with Crippen LogP contribution in [0.3, 0.4) is 0 Å². The molecule has 0 aliphatic heterocycles. The van der Waals surface area contributed by atoms with Crippen molar-refractivity contribution in [3.63, 3.8) is 0 Å². The second kappa shape index (κ2) is 8.42. The van der Waals surface area contributed by atoms with Gasteiger partial charge < -0.3 is 9.15 Å². The first kappa shape index (κ1) is 18.5. The third-order valence-corrected chi connectivity index (χ3v) is 4.97. The maximum absolute atomic E-state index is 6.18. The van der Waals surface area contributed by atoms with Crippen LogP contribution in [-0.4, -0.2) is 26.8 Å². The molecule has 2 aromatic heterocycles. The Hall–Kier alpha value is -2.25. The number of benzene rings is 1. The zero-order chi connectivity index (χ0) is 18.5. The first-order valence-corrected chi connectivity index (χ1v) is 9.48. The zero-order valence-electron chi connectivity index (χ0n) is 14.8. The molecule has 0 saturated carbocycles. The van der Waals surface area contributed by atoms with E-state index in [9.17, 15) is 0 Å². The van der Waals surface area contributed by atoms with Gasteiger partial charge in [-0.2, -0.15) is 9.78 Å². The molecule has 3 aromatic rings. The van der Waals surface area contributed by atoms with Gasteiger partial charge in [-0.1, -0.05) is 30.3 Å². The number of thioether (sulfide) groups is 1. The third-order valence-electron chi connectivity index (χ3n) is 3.56. The van der Waals surface area contributed by atoms with Crippen LogP contribution in [0, 0.1) is 13.8 Å². The van der Waals surface area contributed by atoms with Gasteiger partial charge >= 0.3 is 0 Å². The molecular formula is C18H19ClN4O2S. The smallest absolute Gasteiger partial charge is 0.211 e. The molecule has 0 radical (unpaired) electrons. The highest BCUT2D eigenvalue weighted by Gasteiger charge is 2.06. The number of hydrogen-bond acceptors (Lipinski definition) is 6. The molecule has 8 heteroatoms. The molecular weight excluding hydrogens is 372 g/mol. The number of hydrogen-bond donors (Lipinski definition) is 0. The number of furan rings is 1. The van der Waals surface area contributed by atoms with Crippen molar-refractivity contribution in [3.8, 4) is 5.75 Å². The summed E-state index contributed by atoms with van der Waals surface area (Å²) >= 11 is 7.75. The average molecular weight is 391 g/mol. The summed E-state index contributed by atoms with van der Waals surface area (Å²) in [6, 6.07) is 7.54. The minimum atomic E-state index is 0.331. The van der Waals surface area contributed by atoms with Crippen LogP contribution in [0.5, 0.6) is 5.75 Å². The van der Waals surface area contributed by atoms with Crippen LogP contribution >= 0.6 is 23.4 Å². The molecule has 0 N–H and O–H groups in total. The molecule has 136 valence electrons. The van der Waals surface area contributed by atoms with Crippen LogP contribution in [0.25, 0.3) is 0 Å². The standard InChI is InChI=1S/C18H19ClN4O2S/c1-4-26-18-22-20-11-23(18)21-9-14-5-6-15(25-14)10-24-16-7-12(2)17(19)13(3)8-16/h5-9,11H,4,10H2,1-3H3/b21-9-. The van der Waals surface area contributed by atoms with E-state index < -0.39 is 0 Å². The minimum absolute atomic E-state index is 0.331. The Balaban J connectivity index is 1.63. The van der Waals surface area contributed by atoms with Crippen LogP contribution in [0.2, 0.25) is 5.02 Å². The fraction of sp³-hybridized carbons (Fsp3) is 0.278. The number of halogens is 1. The Bertz CT molecular complexity index is 897. The molecule has 0 aliphatic carbocycles. The third kappa shape index (κ3) is 4.47. The molecule has 0 spiro atoms. The zero-order valence-corrected chi connectivity index (χ0v) is 16.3. The molecule has 0 bridgehead atoms. The number of ether oxygens (including phenoxy) is 1. The van der Waals surface area contributed by atoms with Gasteiger partial charge in [0.2, 0.25) is 5.16 Å². The average Bonchev–Trinajstić information content (AvgIpc) is 3.25. The maximum atomic E-state index is 6.18. The van der Waals surface area contributed by atoms with E-state index in [1.807, 2.05) is 38.1 Å². The second-order valence-corrected chi connectivity index (χ2v) is 7.21. The van der Waals surface area contributed by atoms with E-state index in [0.29, 0.717) is 18.1 Å². The summed E-state index contributed by atoms with van der Waals surface area (Å²) in [5.74, 6) is 3.01. The van der Waals surface area contributed by atoms with Crippen LogP contribution in [0.4, 0.5) is 0 Å². The van der Waals surface area contributed by atoms with E-state index in [-0.39, 0.29) is 0 Å². The van der Waals surface area contributed by atoms with E-state index >= 15 is 0 Å². The molecule has 1 aromatic carbocycles. The summed E-state index contributed by atoms with van der Waals surface area (Å²) in [5, 5.41) is 13.7. The van der Waals surface area contributed by atoms with Crippen molar-refractivity contribution in [2.24, 2.45) is 5.10 Å². The summed E-state index contributed by atoms with van der Waals surface area (Å²) in [5.41, 5.74) is 1.98. The molecule has 0 aliphatic rings. The van der Waals surface area contributed by atoms with Gasteiger partial charge in [0, 0.05) is 5.02 Å². The topological polar surface area (TPSA) is 65.4 Å². The van der Waals surface area contributed by atoms with Crippen LogP contribution in [0.15, 0.2) is 45.3 Å². The van der Waals surface area contributed by atoms with Crippen molar-refractivity contribution in [1.29, 1.82) is 0 Å². The lowest BCUT2D eigenvalue weighted by atomic mass is 10.1. The number of aromatic nitrogens is 3. The van der Waals surface area contributed by atoms with E-state index in [2.05, 4.69) is 22.2 Å². The highest BCUT2D eigenvalue weighted by atomic mass is 35.5. The molecule has 0 saturated heterocycles. The lowest BCUT2D eigenvalue weighted by Gasteiger charge is -2.08. The van der Waals surface area contributed by atoms with Gasteiger partial charge in [0.1, 0.15) is 30.2 Å². The molecule has 26 heavy (non-hydrogen) atoms. The van der Waals surface area contributed by atoms with Crippen molar-refractivity contribution in [1.82, 2.24) is 14.9 Å². The Kier molecular flexibility index (Phi) is 6.00. The predicted molar refractivity (Wildman–Crippen MR) is 103 cm³/mol. The largest absolute Gasteiger partial charge is 0.486 e. The van der Waals surface area contributed by atoms with E-state index in [1.54, 1.807) is 29.0 Å². The summed E-state index contributed by atoms with van der Waals surface area (Å²) in [7, 11) is 0. The lowest BCUT2D eigenvalue weighted by Crippen LogP contribution is -1.95. The fourth-order valence-electron chi connectivity index (χ4n) is 2.33. The Morgan fingerprint density at radius 2 is 2.08 bits per heavy atom. The molecule has 0 amide bonds. The summed E-state index contributed by atoms with van der Waals surface area (Å²) in [6.07, 6.45) is 3.19. The maximum Gasteiger partial charge on any atom is 0.211 e. The monoisotopic (exact) mass is 390 g/mol. The number of aryl methyl sites for hydroxylation is 2. The van der Waals surface area contributed by atoms with E-state index in [4.69, 9.17) is 20.8 Å². The SMILES string of the molecule is CCSc1nncn1/N=C\c1ccc(COc2cc(C)c(Cl)c(C)c2)o1. The Morgan fingerprint density at radius 1 is 1.31 bits per heavy atom. The van der Waals surface area contributed by atoms with Gasteiger partial charge in [-0.3, -0.25) is 0 Å². The van der Waals surface area contributed by atoms with Crippen LogP contribution in [-0.2, 0) is 6.61 Å². The fourth-order valence-corrected chi connectivity index (χ4v) is 3.03. The van der Waals surface area contributed by atoms with Crippen molar-refractivity contribution in [3.05, 3.63) is 58.3 Å². The predicted octanol–water partition coefficient (Wildman–Crippen LogP) is 4.71. The lowest BCUT2D eigenvalue weighted by molar-refractivity contribution is 0.269. The molecule has 6 nitrogen and oxygen atoms in total. The van der Waals surface area contributed by atoms with E-state index in [0.717, 1.165) is 32.8 Å². The van der Waals surface area contributed by atoms with Gasteiger partial charge in [-0.15, -0.1) is 10.2 Å². The Morgan fingerprint density at radius 3 is 2.81 bits per heavy atom. The molecule has 0 fully saturated rings. The van der Waals surface area contributed by atoms with Crippen LogP contribution < -0.4 is 4.74 Å². The normalized spacial score (nSPS) is 11.4. The van der Waals surface area contributed by atoms with Gasteiger partial charge in [0.15, 0.2) is 0 Å². The van der Waals surface area contributed by atoms with Crippen molar-refractivity contribution in [2.45, 2.75) is 32.5 Å². The summed E-state index contributed by atoms with van der Waals surface area (Å²) in [6.45, 7) is 6.30. The first-order chi connectivity index (χ1) is 12.6. The molecule has 2 heterocycles. The molecule has 0 unspecified atom stereocenters.